The highest BCUT2D eigenvalue weighted by molar-refractivity contribution is 5.80. The number of benzene rings is 1. The molecule has 2 rings (SSSR count). The van der Waals surface area contributed by atoms with Crippen molar-refractivity contribution in [3.8, 4) is 18.2 Å². The largest absolute Gasteiger partial charge is 0.396 e. The van der Waals surface area contributed by atoms with E-state index in [1.807, 2.05) is 36.4 Å². The zero-order chi connectivity index (χ0) is 15.2. The maximum absolute atomic E-state index is 9.13. The van der Waals surface area contributed by atoms with Crippen LogP contribution in [0.1, 0.15) is 5.69 Å². The third-order valence-corrected chi connectivity index (χ3v) is 2.82. The standard InChI is InChI=1S/C16H9N5/c17-8-12(16(20)13(9-18)10-19)7-14-6-5-11-3-1-2-4-15(11)21-14/h1-7H,20H2. The maximum Gasteiger partial charge on any atom is 0.153 e. The summed E-state index contributed by atoms with van der Waals surface area (Å²) in [7, 11) is 0. The molecule has 0 spiro atoms. The summed E-state index contributed by atoms with van der Waals surface area (Å²) >= 11 is 0. The highest BCUT2D eigenvalue weighted by atomic mass is 14.7. The molecule has 0 aliphatic carbocycles. The van der Waals surface area contributed by atoms with Gasteiger partial charge < -0.3 is 5.73 Å². The number of pyridine rings is 1. The number of hydrogen-bond donors (Lipinski definition) is 1. The van der Waals surface area contributed by atoms with Crippen molar-refractivity contribution in [2.45, 2.75) is 0 Å². The zero-order valence-electron chi connectivity index (χ0n) is 10.9. The van der Waals surface area contributed by atoms with E-state index in [4.69, 9.17) is 21.5 Å². The Hall–Kier alpha value is -3.62. The van der Waals surface area contributed by atoms with Gasteiger partial charge in [0.2, 0.25) is 0 Å². The summed E-state index contributed by atoms with van der Waals surface area (Å²) in [5.41, 5.74) is 6.59. The second-order valence-corrected chi connectivity index (χ2v) is 4.11. The minimum atomic E-state index is -0.288. The average Bonchev–Trinajstić information content (AvgIpc) is 2.53. The van der Waals surface area contributed by atoms with Gasteiger partial charge in [-0.15, -0.1) is 0 Å². The Balaban J connectivity index is 2.54. The summed E-state index contributed by atoms with van der Waals surface area (Å²) in [4.78, 5) is 4.38. The molecule has 21 heavy (non-hydrogen) atoms. The van der Waals surface area contributed by atoms with Crippen molar-refractivity contribution in [2.24, 2.45) is 5.73 Å². The van der Waals surface area contributed by atoms with E-state index in [0.717, 1.165) is 10.9 Å². The lowest BCUT2D eigenvalue weighted by Crippen LogP contribution is -2.03. The van der Waals surface area contributed by atoms with E-state index in [1.165, 1.54) is 6.08 Å². The monoisotopic (exact) mass is 271 g/mol. The van der Waals surface area contributed by atoms with Gasteiger partial charge in [0, 0.05) is 5.39 Å². The zero-order valence-corrected chi connectivity index (χ0v) is 10.9. The Morgan fingerprint density at radius 1 is 1.00 bits per heavy atom. The molecule has 0 unspecified atom stereocenters. The van der Waals surface area contributed by atoms with Crippen LogP contribution in [0.4, 0.5) is 0 Å². The molecule has 98 valence electrons. The first-order valence-corrected chi connectivity index (χ1v) is 5.97. The van der Waals surface area contributed by atoms with Crippen LogP contribution < -0.4 is 5.73 Å². The Labute approximate surface area is 121 Å². The van der Waals surface area contributed by atoms with Crippen LogP contribution in [-0.2, 0) is 0 Å². The van der Waals surface area contributed by atoms with Gasteiger partial charge in [-0.1, -0.05) is 24.3 Å². The summed E-state index contributed by atoms with van der Waals surface area (Å²) in [5, 5.41) is 27.7. The number of nitrogens with zero attached hydrogens (tertiary/aromatic N) is 4. The lowest BCUT2D eigenvalue weighted by molar-refractivity contribution is 1.30. The number of nitrogens with two attached hydrogens (primary N) is 1. The van der Waals surface area contributed by atoms with Crippen molar-refractivity contribution in [1.29, 1.82) is 15.8 Å². The fourth-order valence-corrected chi connectivity index (χ4v) is 1.76. The van der Waals surface area contributed by atoms with Crippen LogP contribution in [0.5, 0.6) is 0 Å². The SMILES string of the molecule is N#CC(=Cc1ccc2ccccc2n1)C(N)=C(C#N)C#N. The normalized spacial score (nSPS) is 10.2. The van der Waals surface area contributed by atoms with Crippen LogP contribution >= 0.6 is 0 Å². The van der Waals surface area contributed by atoms with Crippen molar-refractivity contribution in [3.05, 3.63) is 58.9 Å². The molecule has 1 aromatic heterocycles. The molecule has 1 aromatic carbocycles. The molecule has 0 saturated heterocycles. The topological polar surface area (TPSA) is 110 Å². The van der Waals surface area contributed by atoms with E-state index in [2.05, 4.69) is 4.98 Å². The van der Waals surface area contributed by atoms with Crippen molar-refractivity contribution < 1.29 is 0 Å². The predicted molar refractivity (Wildman–Crippen MR) is 77.8 cm³/mol. The molecule has 0 radical (unpaired) electrons. The first-order valence-electron chi connectivity index (χ1n) is 5.97. The molecule has 0 bridgehead atoms. The molecular formula is C16H9N5. The van der Waals surface area contributed by atoms with E-state index >= 15 is 0 Å². The van der Waals surface area contributed by atoms with Crippen LogP contribution in [0.2, 0.25) is 0 Å². The molecule has 2 N–H and O–H groups in total. The van der Waals surface area contributed by atoms with Gasteiger partial charge in [0.15, 0.2) is 5.57 Å². The van der Waals surface area contributed by atoms with Gasteiger partial charge in [0.1, 0.15) is 18.2 Å². The highest BCUT2D eigenvalue weighted by Crippen LogP contribution is 2.16. The van der Waals surface area contributed by atoms with Crippen LogP contribution in [0.3, 0.4) is 0 Å². The van der Waals surface area contributed by atoms with E-state index in [-0.39, 0.29) is 16.8 Å². The van der Waals surface area contributed by atoms with Crippen molar-refractivity contribution >= 4 is 17.0 Å². The van der Waals surface area contributed by atoms with Crippen LogP contribution in [0.25, 0.3) is 17.0 Å². The average molecular weight is 271 g/mol. The Morgan fingerprint density at radius 2 is 1.71 bits per heavy atom. The summed E-state index contributed by atoms with van der Waals surface area (Å²) < 4.78 is 0. The van der Waals surface area contributed by atoms with E-state index < -0.39 is 0 Å². The van der Waals surface area contributed by atoms with Crippen molar-refractivity contribution in [2.75, 3.05) is 0 Å². The number of fused-ring (bicyclic) bond motifs is 1. The number of para-hydroxylation sites is 1. The molecule has 5 heteroatoms. The number of aromatic nitrogens is 1. The van der Waals surface area contributed by atoms with Gasteiger partial charge in [-0.2, -0.15) is 15.8 Å². The van der Waals surface area contributed by atoms with E-state index in [9.17, 15) is 0 Å². The third kappa shape index (κ3) is 2.87. The number of rotatable bonds is 2. The summed E-state index contributed by atoms with van der Waals surface area (Å²) in [6.07, 6.45) is 1.45. The second-order valence-electron chi connectivity index (χ2n) is 4.11. The Morgan fingerprint density at radius 3 is 2.38 bits per heavy atom. The second kappa shape index (κ2) is 6.02. The summed E-state index contributed by atoms with van der Waals surface area (Å²) in [5.74, 6) is 0. The van der Waals surface area contributed by atoms with Crippen molar-refractivity contribution in [3.63, 3.8) is 0 Å². The number of hydrogen-bond acceptors (Lipinski definition) is 5. The summed E-state index contributed by atoms with van der Waals surface area (Å²) in [6, 6.07) is 16.4. The molecular weight excluding hydrogens is 262 g/mol. The van der Waals surface area contributed by atoms with Gasteiger partial charge in [0.25, 0.3) is 0 Å². The van der Waals surface area contributed by atoms with Gasteiger partial charge in [-0.3, -0.25) is 0 Å². The third-order valence-electron chi connectivity index (χ3n) is 2.82. The lowest BCUT2D eigenvalue weighted by Gasteiger charge is -2.01. The first-order chi connectivity index (χ1) is 10.2. The van der Waals surface area contributed by atoms with Crippen LogP contribution in [-0.4, -0.2) is 4.98 Å². The Kier molecular flexibility index (Phi) is 3.95. The fourth-order valence-electron chi connectivity index (χ4n) is 1.76. The molecule has 1 heterocycles. The van der Waals surface area contributed by atoms with Crippen molar-refractivity contribution in [1.82, 2.24) is 4.98 Å². The van der Waals surface area contributed by atoms with Gasteiger partial charge in [-0.25, -0.2) is 4.98 Å². The Bertz CT molecular complexity index is 869. The quantitative estimate of drug-likeness (QED) is 0.666. The number of allylic oxidation sites excluding steroid dienone is 2. The minimum Gasteiger partial charge on any atom is -0.396 e. The maximum atomic E-state index is 9.13. The van der Waals surface area contributed by atoms with Crippen LogP contribution in [0, 0.1) is 34.0 Å². The van der Waals surface area contributed by atoms with Crippen LogP contribution in [0.15, 0.2) is 53.2 Å². The fraction of sp³-hybridized carbons (Fsp3) is 0. The molecule has 0 amide bonds. The molecule has 0 atom stereocenters. The lowest BCUT2D eigenvalue weighted by atomic mass is 10.1. The van der Waals surface area contributed by atoms with E-state index in [1.54, 1.807) is 18.2 Å². The van der Waals surface area contributed by atoms with Gasteiger partial charge in [0.05, 0.1) is 22.5 Å². The molecule has 0 aliphatic rings. The summed E-state index contributed by atoms with van der Waals surface area (Å²) in [6.45, 7) is 0. The minimum absolute atomic E-state index is 0.0379. The predicted octanol–water partition coefficient (Wildman–Crippen LogP) is 2.40. The highest BCUT2D eigenvalue weighted by Gasteiger charge is 2.08. The van der Waals surface area contributed by atoms with Gasteiger partial charge >= 0.3 is 0 Å². The molecule has 0 fully saturated rings. The first kappa shape index (κ1) is 13.8. The van der Waals surface area contributed by atoms with E-state index in [0.29, 0.717) is 5.69 Å². The number of nitriles is 3. The molecule has 0 aliphatic heterocycles. The molecule has 5 nitrogen and oxygen atoms in total. The molecule has 2 aromatic rings. The smallest absolute Gasteiger partial charge is 0.153 e. The van der Waals surface area contributed by atoms with Gasteiger partial charge in [-0.05, 0) is 18.2 Å². The molecule has 0 saturated carbocycles.